The summed E-state index contributed by atoms with van der Waals surface area (Å²) in [5.74, 6) is -4.46. The van der Waals surface area contributed by atoms with Crippen LogP contribution in [0.25, 0.3) is 0 Å². The van der Waals surface area contributed by atoms with Crippen LogP contribution in [0.4, 0.5) is 0 Å². The summed E-state index contributed by atoms with van der Waals surface area (Å²) in [6.07, 6.45) is -2.75. The Balaban J connectivity index is 4.55. The SMILES string of the molecule is CC(O)(CC(=O)O)C(=O)OC(CO)C(=O)O. The molecule has 0 aliphatic heterocycles. The Labute approximate surface area is 90.1 Å². The summed E-state index contributed by atoms with van der Waals surface area (Å²) >= 11 is 0. The highest BCUT2D eigenvalue weighted by atomic mass is 16.6. The van der Waals surface area contributed by atoms with Crippen LogP contribution in [0, 0.1) is 0 Å². The molecule has 2 atom stereocenters. The lowest BCUT2D eigenvalue weighted by molar-refractivity contribution is -0.182. The first-order valence-corrected chi connectivity index (χ1v) is 4.19. The second kappa shape index (κ2) is 5.42. The van der Waals surface area contributed by atoms with E-state index in [4.69, 9.17) is 15.3 Å². The molecule has 0 radical (unpaired) electrons. The van der Waals surface area contributed by atoms with Crippen LogP contribution in [0.15, 0.2) is 0 Å². The van der Waals surface area contributed by atoms with E-state index >= 15 is 0 Å². The van der Waals surface area contributed by atoms with Crippen molar-refractivity contribution in [2.45, 2.75) is 25.0 Å². The van der Waals surface area contributed by atoms with Crippen molar-refractivity contribution in [3.63, 3.8) is 0 Å². The van der Waals surface area contributed by atoms with Gasteiger partial charge < -0.3 is 25.2 Å². The molecule has 8 nitrogen and oxygen atoms in total. The van der Waals surface area contributed by atoms with Crippen LogP contribution in [-0.2, 0) is 19.1 Å². The van der Waals surface area contributed by atoms with Crippen LogP contribution in [-0.4, -0.2) is 56.6 Å². The minimum absolute atomic E-state index is 0.875. The normalized spacial score (nSPS) is 15.9. The fraction of sp³-hybridized carbons (Fsp3) is 0.625. The number of carboxylic acid groups (broad SMARTS) is 2. The molecular formula is C8H12O8. The molecule has 0 aliphatic carbocycles. The first-order valence-electron chi connectivity index (χ1n) is 4.19. The van der Waals surface area contributed by atoms with Gasteiger partial charge >= 0.3 is 17.9 Å². The molecule has 4 N–H and O–H groups in total. The van der Waals surface area contributed by atoms with E-state index in [2.05, 4.69) is 4.74 Å². The topological polar surface area (TPSA) is 141 Å². The van der Waals surface area contributed by atoms with Crippen LogP contribution >= 0.6 is 0 Å². The molecule has 0 aromatic rings. The summed E-state index contributed by atoms with van der Waals surface area (Å²) in [7, 11) is 0. The molecule has 0 bridgehead atoms. The van der Waals surface area contributed by atoms with Gasteiger partial charge in [0.25, 0.3) is 0 Å². The Bertz CT molecular complexity index is 294. The molecule has 0 saturated heterocycles. The molecule has 0 aromatic heterocycles. The van der Waals surface area contributed by atoms with Crippen LogP contribution in [0.1, 0.15) is 13.3 Å². The molecule has 0 heterocycles. The summed E-state index contributed by atoms with van der Waals surface area (Å²) in [5.41, 5.74) is -2.34. The van der Waals surface area contributed by atoms with Gasteiger partial charge in [0.2, 0.25) is 6.10 Å². The lowest BCUT2D eigenvalue weighted by Gasteiger charge is -2.21. The van der Waals surface area contributed by atoms with E-state index < -0.39 is 42.6 Å². The predicted octanol–water partition coefficient (Wildman–Crippen LogP) is -1.80. The lowest BCUT2D eigenvalue weighted by atomic mass is 10.0. The second-order valence-electron chi connectivity index (χ2n) is 3.26. The lowest BCUT2D eigenvalue weighted by Crippen LogP contribution is -2.43. The van der Waals surface area contributed by atoms with E-state index in [1.165, 1.54) is 0 Å². The van der Waals surface area contributed by atoms with E-state index in [1.807, 2.05) is 0 Å². The van der Waals surface area contributed by atoms with Crippen LogP contribution < -0.4 is 0 Å². The van der Waals surface area contributed by atoms with Gasteiger partial charge in [0, 0.05) is 0 Å². The molecule has 0 aromatic carbocycles. The number of esters is 1. The maximum atomic E-state index is 11.2. The molecule has 0 fully saturated rings. The molecular weight excluding hydrogens is 224 g/mol. The maximum Gasteiger partial charge on any atom is 0.347 e. The largest absolute Gasteiger partial charge is 0.481 e. The van der Waals surface area contributed by atoms with Gasteiger partial charge in [-0.25, -0.2) is 9.59 Å². The summed E-state index contributed by atoms with van der Waals surface area (Å²) in [4.78, 5) is 31.8. The van der Waals surface area contributed by atoms with Gasteiger partial charge in [0.05, 0.1) is 13.0 Å². The first kappa shape index (κ1) is 14.3. The number of carbonyl (C=O) groups is 3. The van der Waals surface area contributed by atoms with Crippen molar-refractivity contribution in [2.75, 3.05) is 6.61 Å². The van der Waals surface area contributed by atoms with E-state index in [9.17, 15) is 19.5 Å². The minimum atomic E-state index is -2.34. The fourth-order valence-electron chi connectivity index (χ4n) is 0.789. The van der Waals surface area contributed by atoms with Crippen LogP contribution in [0.2, 0.25) is 0 Å². The zero-order chi connectivity index (χ0) is 12.9. The molecule has 0 amide bonds. The highest BCUT2D eigenvalue weighted by molar-refractivity contribution is 5.86. The zero-order valence-corrected chi connectivity index (χ0v) is 8.41. The van der Waals surface area contributed by atoms with Crippen LogP contribution in [0.3, 0.4) is 0 Å². The number of hydrogen-bond donors (Lipinski definition) is 4. The quantitative estimate of drug-likeness (QED) is 0.396. The Hall–Kier alpha value is -1.67. The third-order valence-electron chi connectivity index (χ3n) is 1.63. The summed E-state index contributed by atoms with van der Waals surface area (Å²) in [6, 6.07) is 0. The van der Waals surface area contributed by atoms with Gasteiger partial charge in [-0.15, -0.1) is 0 Å². The summed E-state index contributed by atoms with van der Waals surface area (Å²) in [6.45, 7) is -0.0933. The number of aliphatic carboxylic acids is 2. The van der Waals surface area contributed by atoms with Crippen molar-refractivity contribution in [2.24, 2.45) is 0 Å². The third kappa shape index (κ3) is 4.24. The monoisotopic (exact) mass is 236 g/mol. The molecule has 0 aliphatic rings. The number of carboxylic acids is 2. The molecule has 92 valence electrons. The molecule has 0 rings (SSSR count). The van der Waals surface area contributed by atoms with Gasteiger partial charge in [-0.05, 0) is 6.92 Å². The maximum absolute atomic E-state index is 11.2. The molecule has 8 heteroatoms. The number of aliphatic hydroxyl groups excluding tert-OH is 1. The Kier molecular flexibility index (Phi) is 4.86. The highest BCUT2D eigenvalue weighted by Crippen LogP contribution is 2.13. The number of aliphatic hydroxyl groups is 2. The molecule has 0 saturated carbocycles. The van der Waals surface area contributed by atoms with Gasteiger partial charge in [-0.3, -0.25) is 4.79 Å². The predicted molar refractivity (Wildman–Crippen MR) is 47.5 cm³/mol. The van der Waals surface area contributed by atoms with Gasteiger partial charge in [0.15, 0.2) is 5.60 Å². The number of carbonyl (C=O) groups excluding carboxylic acids is 1. The molecule has 2 unspecified atom stereocenters. The van der Waals surface area contributed by atoms with Crippen molar-refractivity contribution in [3.8, 4) is 0 Å². The summed E-state index contributed by atoms with van der Waals surface area (Å²) in [5, 5.41) is 34.7. The zero-order valence-electron chi connectivity index (χ0n) is 8.41. The summed E-state index contributed by atoms with van der Waals surface area (Å²) < 4.78 is 4.22. The average molecular weight is 236 g/mol. The van der Waals surface area contributed by atoms with E-state index in [0.29, 0.717) is 0 Å². The highest BCUT2D eigenvalue weighted by Gasteiger charge is 2.37. The van der Waals surface area contributed by atoms with Gasteiger partial charge in [-0.1, -0.05) is 0 Å². The van der Waals surface area contributed by atoms with E-state index in [-0.39, 0.29) is 0 Å². The molecule has 16 heavy (non-hydrogen) atoms. The number of hydrogen-bond acceptors (Lipinski definition) is 6. The number of ether oxygens (including phenoxy) is 1. The minimum Gasteiger partial charge on any atom is -0.481 e. The van der Waals surface area contributed by atoms with Crippen molar-refractivity contribution < 1.29 is 39.5 Å². The average Bonchev–Trinajstić information content (AvgIpc) is 2.10. The van der Waals surface area contributed by atoms with Crippen molar-refractivity contribution in [1.82, 2.24) is 0 Å². The second-order valence-corrected chi connectivity index (χ2v) is 3.26. The Morgan fingerprint density at radius 3 is 2.12 bits per heavy atom. The molecule has 0 spiro atoms. The van der Waals surface area contributed by atoms with Crippen molar-refractivity contribution in [1.29, 1.82) is 0 Å². The first-order chi connectivity index (χ1) is 7.20. The smallest absolute Gasteiger partial charge is 0.347 e. The number of rotatable bonds is 6. The van der Waals surface area contributed by atoms with E-state index in [1.54, 1.807) is 0 Å². The fourth-order valence-corrected chi connectivity index (χ4v) is 0.789. The van der Waals surface area contributed by atoms with Crippen LogP contribution in [0.5, 0.6) is 0 Å². The third-order valence-corrected chi connectivity index (χ3v) is 1.63. The Morgan fingerprint density at radius 1 is 1.31 bits per heavy atom. The van der Waals surface area contributed by atoms with Gasteiger partial charge in [0.1, 0.15) is 0 Å². The van der Waals surface area contributed by atoms with Crippen molar-refractivity contribution in [3.05, 3.63) is 0 Å². The van der Waals surface area contributed by atoms with Gasteiger partial charge in [-0.2, -0.15) is 0 Å². The van der Waals surface area contributed by atoms with E-state index in [0.717, 1.165) is 6.92 Å². The standard InChI is InChI=1S/C8H12O8/c1-8(15,2-5(10)11)7(14)16-4(3-9)6(12)13/h4,9,15H,2-3H2,1H3,(H,10,11)(H,12,13). The van der Waals surface area contributed by atoms with Crippen molar-refractivity contribution >= 4 is 17.9 Å². The Morgan fingerprint density at radius 2 is 1.81 bits per heavy atom.